The molecule has 4 heteroatoms. The van der Waals surface area contributed by atoms with Crippen molar-refractivity contribution in [2.24, 2.45) is 0 Å². The van der Waals surface area contributed by atoms with Crippen molar-refractivity contribution in [3.05, 3.63) is 28.3 Å². The molecule has 0 aliphatic carbocycles. The fraction of sp³-hybridized carbons (Fsp3) is 0.625. The van der Waals surface area contributed by atoms with Crippen LogP contribution in [-0.2, 0) is 0 Å². The van der Waals surface area contributed by atoms with Gasteiger partial charge in [0.1, 0.15) is 17.5 Å². The summed E-state index contributed by atoms with van der Waals surface area (Å²) >= 11 is 6.21. The van der Waals surface area contributed by atoms with Crippen molar-refractivity contribution in [3.63, 3.8) is 0 Å². The zero-order chi connectivity index (χ0) is 14.5. The van der Waals surface area contributed by atoms with Crippen LogP contribution in [0.4, 0.5) is 0 Å². The lowest BCUT2D eigenvalue weighted by Gasteiger charge is -2.47. The van der Waals surface area contributed by atoms with E-state index in [0.717, 1.165) is 30.0 Å². The largest absolute Gasteiger partial charge is 0.486 e. The van der Waals surface area contributed by atoms with Crippen LogP contribution in [0.5, 0.6) is 5.75 Å². The summed E-state index contributed by atoms with van der Waals surface area (Å²) in [4.78, 5) is 2.35. The molecule has 1 fully saturated rings. The number of likely N-dealkylation sites (tertiary alicyclic amines) is 1. The lowest BCUT2D eigenvalue weighted by molar-refractivity contribution is -0.0757. The molecule has 110 valence electrons. The summed E-state index contributed by atoms with van der Waals surface area (Å²) in [7, 11) is 0. The second kappa shape index (κ2) is 4.90. The first-order chi connectivity index (χ1) is 9.40. The van der Waals surface area contributed by atoms with Gasteiger partial charge in [-0.25, -0.2) is 0 Å². The average molecular weight is 296 g/mol. The van der Waals surface area contributed by atoms with E-state index >= 15 is 0 Å². The highest BCUT2D eigenvalue weighted by Crippen LogP contribution is 2.44. The second-order valence-electron chi connectivity index (χ2n) is 6.48. The smallest absolute Gasteiger partial charge is 0.126 e. The predicted molar refractivity (Wildman–Crippen MR) is 80.5 cm³/mol. The van der Waals surface area contributed by atoms with Crippen LogP contribution in [0.25, 0.3) is 0 Å². The van der Waals surface area contributed by atoms with Crippen molar-refractivity contribution in [2.45, 2.75) is 51.4 Å². The molecule has 0 aromatic heterocycles. The van der Waals surface area contributed by atoms with Gasteiger partial charge in [-0.15, -0.1) is 0 Å². The zero-order valence-corrected chi connectivity index (χ0v) is 13.1. The number of aliphatic hydroxyl groups is 1. The maximum Gasteiger partial charge on any atom is 0.126 e. The topological polar surface area (TPSA) is 32.7 Å². The number of ether oxygens (including phenoxy) is 1. The summed E-state index contributed by atoms with van der Waals surface area (Å²) in [5, 5.41) is 11.5. The highest BCUT2D eigenvalue weighted by molar-refractivity contribution is 6.31. The molecule has 2 unspecified atom stereocenters. The highest BCUT2D eigenvalue weighted by atomic mass is 35.5. The van der Waals surface area contributed by atoms with E-state index in [2.05, 4.69) is 18.7 Å². The van der Waals surface area contributed by atoms with Crippen LogP contribution < -0.4 is 4.74 Å². The molecule has 2 atom stereocenters. The number of nitrogens with zero attached hydrogens (tertiary/aromatic N) is 1. The Bertz CT molecular complexity index is 523. The first-order valence-corrected chi connectivity index (χ1v) is 7.69. The van der Waals surface area contributed by atoms with Gasteiger partial charge in [0.2, 0.25) is 0 Å². The van der Waals surface area contributed by atoms with Crippen LogP contribution in [0.3, 0.4) is 0 Å². The summed E-state index contributed by atoms with van der Waals surface area (Å²) in [6.07, 6.45) is 1.84. The van der Waals surface area contributed by atoms with Gasteiger partial charge in [0.15, 0.2) is 0 Å². The Balaban J connectivity index is 2.03. The number of hydrogen-bond acceptors (Lipinski definition) is 3. The Morgan fingerprint density at radius 3 is 2.60 bits per heavy atom. The molecule has 1 N–H and O–H groups in total. The van der Waals surface area contributed by atoms with Crippen molar-refractivity contribution < 1.29 is 9.84 Å². The summed E-state index contributed by atoms with van der Waals surface area (Å²) < 4.78 is 6.19. The van der Waals surface area contributed by atoms with Crippen molar-refractivity contribution in [1.82, 2.24) is 4.90 Å². The van der Waals surface area contributed by atoms with E-state index in [1.54, 1.807) is 0 Å². The Labute approximate surface area is 125 Å². The van der Waals surface area contributed by atoms with E-state index in [0.29, 0.717) is 5.02 Å². The standard InChI is InChI=1S/C16H22ClNO2/c1-10-8-13-11(9-12(10)17)14(19)15(16(2,3)20-13)18-6-4-5-7-18/h8-9,14-15,19H,4-7H2,1-3H3. The molecule has 20 heavy (non-hydrogen) atoms. The molecule has 0 amide bonds. The van der Waals surface area contributed by atoms with Gasteiger partial charge < -0.3 is 9.84 Å². The molecule has 2 aliphatic heterocycles. The van der Waals surface area contributed by atoms with Crippen molar-refractivity contribution >= 4 is 11.6 Å². The van der Waals surface area contributed by atoms with Gasteiger partial charge in [-0.3, -0.25) is 4.90 Å². The van der Waals surface area contributed by atoms with E-state index in [1.807, 2.05) is 19.1 Å². The summed E-state index contributed by atoms with van der Waals surface area (Å²) in [5.74, 6) is 0.764. The molecule has 0 spiro atoms. The summed E-state index contributed by atoms with van der Waals surface area (Å²) in [6.45, 7) is 8.14. The first-order valence-electron chi connectivity index (χ1n) is 7.31. The summed E-state index contributed by atoms with van der Waals surface area (Å²) in [5.41, 5.74) is 1.39. The van der Waals surface area contributed by atoms with Crippen LogP contribution in [0, 0.1) is 6.92 Å². The minimum atomic E-state index is -0.551. The maximum atomic E-state index is 10.9. The summed E-state index contributed by atoms with van der Waals surface area (Å²) in [6, 6.07) is 3.77. The average Bonchev–Trinajstić information content (AvgIpc) is 2.85. The van der Waals surface area contributed by atoms with Crippen LogP contribution in [-0.4, -0.2) is 34.7 Å². The van der Waals surface area contributed by atoms with Gasteiger partial charge in [0.25, 0.3) is 0 Å². The number of benzene rings is 1. The van der Waals surface area contributed by atoms with E-state index in [4.69, 9.17) is 16.3 Å². The third-order valence-electron chi connectivity index (χ3n) is 4.53. The normalized spacial score (nSPS) is 29.1. The fourth-order valence-corrected chi connectivity index (χ4v) is 3.72. The Morgan fingerprint density at radius 1 is 1.30 bits per heavy atom. The molecule has 0 saturated carbocycles. The molecule has 3 nitrogen and oxygen atoms in total. The monoisotopic (exact) mass is 295 g/mol. The van der Waals surface area contributed by atoms with Crippen LogP contribution in [0.1, 0.15) is 43.9 Å². The van der Waals surface area contributed by atoms with Crippen molar-refractivity contribution in [2.75, 3.05) is 13.1 Å². The Morgan fingerprint density at radius 2 is 1.95 bits per heavy atom. The molecular weight excluding hydrogens is 274 g/mol. The predicted octanol–water partition coefficient (Wildman–Crippen LogP) is 3.32. The first kappa shape index (κ1) is 14.2. The molecule has 1 aromatic rings. The third kappa shape index (κ3) is 2.22. The number of halogens is 1. The molecule has 2 heterocycles. The van der Waals surface area contributed by atoms with E-state index in [1.165, 1.54) is 12.8 Å². The van der Waals surface area contributed by atoms with Gasteiger partial charge in [-0.05, 0) is 64.4 Å². The zero-order valence-electron chi connectivity index (χ0n) is 12.3. The quantitative estimate of drug-likeness (QED) is 0.863. The fourth-order valence-electron chi connectivity index (χ4n) is 3.54. The SMILES string of the molecule is Cc1cc2c(cc1Cl)C(O)C(N1CCCC1)C(C)(C)O2. The Hall–Kier alpha value is -0.770. The highest BCUT2D eigenvalue weighted by Gasteiger charge is 2.47. The molecule has 1 aromatic carbocycles. The molecule has 0 bridgehead atoms. The molecular formula is C16H22ClNO2. The lowest BCUT2D eigenvalue weighted by atomic mass is 9.84. The van der Waals surface area contributed by atoms with Gasteiger partial charge in [0, 0.05) is 10.6 Å². The van der Waals surface area contributed by atoms with Crippen molar-refractivity contribution in [3.8, 4) is 5.75 Å². The number of aryl methyl sites for hydroxylation is 1. The van der Waals surface area contributed by atoms with Gasteiger partial charge in [-0.1, -0.05) is 11.6 Å². The van der Waals surface area contributed by atoms with E-state index < -0.39 is 11.7 Å². The Kier molecular flexibility index (Phi) is 3.47. The minimum Gasteiger partial charge on any atom is -0.486 e. The molecule has 1 saturated heterocycles. The number of aliphatic hydroxyl groups excluding tert-OH is 1. The molecule has 2 aliphatic rings. The van der Waals surface area contributed by atoms with Crippen LogP contribution in [0.2, 0.25) is 5.02 Å². The lowest BCUT2D eigenvalue weighted by Crippen LogP contribution is -2.57. The molecule has 0 radical (unpaired) electrons. The van der Waals surface area contributed by atoms with Gasteiger partial charge >= 0.3 is 0 Å². The maximum absolute atomic E-state index is 10.9. The van der Waals surface area contributed by atoms with Gasteiger partial charge in [-0.2, -0.15) is 0 Å². The second-order valence-corrected chi connectivity index (χ2v) is 6.88. The van der Waals surface area contributed by atoms with Crippen LogP contribution >= 0.6 is 11.6 Å². The number of rotatable bonds is 1. The van der Waals surface area contributed by atoms with E-state index in [-0.39, 0.29) is 6.04 Å². The van der Waals surface area contributed by atoms with Gasteiger partial charge in [0.05, 0.1) is 6.04 Å². The minimum absolute atomic E-state index is 0.0173. The van der Waals surface area contributed by atoms with Crippen LogP contribution in [0.15, 0.2) is 12.1 Å². The third-order valence-corrected chi connectivity index (χ3v) is 4.94. The van der Waals surface area contributed by atoms with E-state index in [9.17, 15) is 5.11 Å². The number of hydrogen-bond donors (Lipinski definition) is 1. The van der Waals surface area contributed by atoms with Crippen molar-refractivity contribution in [1.29, 1.82) is 0 Å². The number of fused-ring (bicyclic) bond motifs is 1. The molecule has 3 rings (SSSR count).